The van der Waals surface area contributed by atoms with E-state index in [0.717, 1.165) is 27.9 Å². The second-order valence-electron chi connectivity index (χ2n) is 8.02. The maximum absolute atomic E-state index is 12.6. The molecule has 1 aromatic rings. The number of esters is 4. The van der Waals surface area contributed by atoms with Crippen LogP contribution in [0.25, 0.3) is 0 Å². The number of amides is 1. The number of carbonyl (C=O) groups is 5. The van der Waals surface area contributed by atoms with E-state index in [-0.39, 0.29) is 6.61 Å². The van der Waals surface area contributed by atoms with Crippen LogP contribution in [0.5, 0.6) is 11.5 Å². The third-order valence-corrected chi connectivity index (χ3v) is 5.07. The summed E-state index contributed by atoms with van der Waals surface area (Å²) in [7, 11) is 2.49. The highest BCUT2D eigenvalue weighted by molar-refractivity contribution is 5.77. The minimum Gasteiger partial charge on any atom is -0.493 e. The van der Waals surface area contributed by atoms with Crippen molar-refractivity contribution >= 4 is 30.0 Å². The Kier molecular flexibility index (Phi) is 11.7. The van der Waals surface area contributed by atoms with E-state index in [4.69, 9.17) is 48.4 Å². The lowest BCUT2D eigenvalue weighted by Crippen LogP contribution is -2.64. The topological polar surface area (TPSA) is 194 Å². The molecule has 216 valence electrons. The molecule has 1 heterocycles. The number of methoxy groups -OCH3 is 2. The van der Waals surface area contributed by atoms with E-state index in [1.54, 1.807) is 24.3 Å². The molecule has 0 bridgehead atoms. The number of ether oxygens (including phenoxy) is 9. The first-order chi connectivity index (χ1) is 18.5. The lowest BCUT2D eigenvalue weighted by molar-refractivity contribution is -0.313. The third kappa shape index (κ3) is 9.30. The van der Waals surface area contributed by atoms with Crippen LogP contribution in [0, 0.1) is 0 Å². The maximum Gasteiger partial charge on any atom is 0.404 e. The molecule has 0 spiro atoms. The number of carbonyl (C=O) groups excluding carboxylic acids is 5. The molecule has 1 fully saturated rings. The zero-order valence-electron chi connectivity index (χ0n) is 22.0. The van der Waals surface area contributed by atoms with E-state index in [1.165, 1.54) is 7.11 Å². The molecule has 15 nitrogen and oxygen atoms in total. The van der Waals surface area contributed by atoms with Crippen LogP contribution in [0.1, 0.15) is 20.8 Å². The zero-order valence-corrected chi connectivity index (χ0v) is 22.0. The lowest BCUT2D eigenvalue weighted by atomic mass is 9.97. The minimum atomic E-state index is -1.67. The maximum atomic E-state index is 12.6. The van der Waals surface area contributed by atoms with Crippen molar-refractivity contribution in [3.8, 4) is 11.5 Å². The van der Waals surface area contributed by atoms with Gasteiger partial charge in [-0.2, -0.15) is 0 Å². The number of benzene rings is 1. The SMILES string of the molecule is COC(=O)[C@H]1O[C@@H](O[C@@H](COC(N)=O)COc2ccccc2OC)[C@H](OC(C)=O)[C@@H](OC(C)=O)[C@@H]1OC(C)=O. The van der Waals surface area contributed by atoms with E-state index in [2.05, 4.69) is 0 Å². The smallest absolute Gasteiger partial charge is 0.404 e. The summed E-state index contributed by atoms with van der Waals surface area (Å²) in [5.41, 5.74) is 5.10. The van der Waals surface area contributed by atoms with Gasteiger partial charge in [0, 0.05) is 20.8 Å². The van der Waals surface area contributed by atoms with E-state index >= 15 is 0 Å². The molecule has 6 atom stereocenters. The number of nitrogens with two attached hydrogens (primary N) is 1. The summed E-state index contributed by atoms with van der Waals surface area (Å²) in [5, 5.41) is 0. The number of rotatable bonds is 12. The summed E-state index contributed by atoms with van der Waals surface area (Å²) in [6.45, 7) is 2.42. The molecule has 1 aromatic carbocycles. The van der Waals surface area contributed by atoms with E-state index in [9.17, 15) is 24.0 Å². The molecule has 15 heteroatoms. The average molecular weight is 558 g/mol. The summed E-state index contributed by atoms with van der Waals surface area (Å²) < 4.78 is 48.0. The Morgan fingerprint density at radius 1 is 0.846 bits per heavy atom. The van der Waals surface area contributed by atoms with Crippen molar-refractivity contribution in [2.24, 2.45) is 5.73 Å². The number of primary amides is 1. The molecule has 0 unspecified atom stereocenters. The van der Waals surface area contributed by atoms with E-state index < -0.39 is 73.4 Å². The van der Waals surface area contributed by atoms with Crippen LogP contribution < -0.4 is 15.2 Å². The van der Waals surface area contributed by atoms with Gasteiger partial charge in [0.15, 0.2) is 42.2 Å². The lowest BCUT2D eigenvalue weighted by Gasteiger charge is -2.43. The van der Waals surface area contributed by atoms with Crippen LogP contribution in [0.15, 0.2) is 24.3 Å². The largest absolute Gasteiger partial charge is 0.493 e. The van der Waals surface area contributed by atoms with Crippen molar-refractivity contribution in [3.05, 3.63) is 24.3 Å². The van der Waals surface area contributed by atoms with Gasteiger partial charge in [-0.3, -0.25) is 14.4 Å². The van der Waals surface area contributed by atoms with E-state index in [1.807, 2.05) is 0 Å². The second kappa shape index (κ2) is 14.7. The second-order valence-corrected chi connectivity index (χ2v) is 8.02. The number of hydrogen-bond acceptors (Lipinski definition) is 14. The molecule has 1 saturated heterocycles. The predicted molar refractivity (Wildman–Crippen MR) is 126 cm³/mol. The monoisotopic (exact) mass is 557 g/mol. The predicted octanol–water partition coefficient (Wildman–Crippen LogP) is 0.248. The van der Waals surface area contributed by atoms with Gasteiger partial charge in [-0.15, -0.1) is 0 Å². The Morgan fingerprint density at radius 2 is 1.41 bits per heavy atom. The Hall–Kier alpha value is -4.11. The van der Waals surface area contributed by atoms with Gasteiger partial charge in [-0.05, 0) is 12.1 Å². The molecule has 1 aliphatic rings. The molecule has 2 rings (SSSR count). The number of hydrogen-bond donors (Lipinski definition) is 1. The van der Waals surface area contributed by atoms with Crippen LogP contribution >= 0.6 is 0 Å². The van der Waals surface area contributed by atoms with Crippen molar-refractivity contribution in [1.82, 2.24) is 0 Å². The fourth-order valence-electron chi connectivity index (χ4n) is 3.60. The average Bonchev–Trinajstić information content (AvgIpc) is 2.87. The quantitative estimate of drug-likeness (QED) is 0.271. The van der Waals surface area contributed by atoms with Crippen molar-refractivity contribution in [2.75, 3.05) is 27.4 Å². The van der Waals surface area contributed by atoms with Crippen LogP contribution in [0.2, 0.25) is 0 Å². The minimum absolute atomic E-state index is 0.283. The van der Waals surface area contributed by atoms with Crippen molar-refractivity contribution in [3.63, 3.8) is 0 Å². The highest BCUT2D eigenvalue weighted by Crippen LogP contribution is 2.31. The fraction of sp³-hybridized carbons (Fsp3) is 0.542. The Labute approximate surface area is 223 Å². The summed E-state index contributed by atoms with van der Waals surface area (Å²) in [6.07, 6.45) is -10.3. The molecule has 1 amide bonds. The molecular formula is C24H31NO14. The van der Waals surface area contributed by atoms with Crippen LogP contribution in [0.4, 0.5) is 4.79 Å². The third-order valence-electron chi connectivity index (χ3n) is 5.07. The van der Waals surface area contributed by atoms with Crippen molar-refractivity contribution in [1.29, 1.82) is 0 Å². The zero-order chi connectivity index (χ0) is 29.1. The van der Waals surface area contributed by atoms with Crippen LogP contribution in [-0.2, 0) is 52.3 Å². The molecule has 1 aliphatic heterocycles. The van der Waals surface area contributed by atoms with Gasteiger partial charge in [0.05, 0.1) is 14.2 Å². The van der Waals surface area contributed by atoms with Gasteiger partial charge in [-0.25, -0.2) is 9.59 Å². The highest BCUT2D eigenvalue weighted by atomic mass is 16.7. The normalized spacial score (nSPS) is 22.9. The highest BCUT2D eigenvalue weighted by Gasteiger charge is 2.55. The van der Waals surface area contributed by atoms with Gasteiger partial charge in [0.1, 0.15) is 19.3 Å². The molecule has 0 aliphatic carbocycles. The van der Waals surface area contributed by atoms with Crippen LogP contribution in [-0.4, -0.2) is 94.2 Å². The first-order valence-corrected chi connectivity index (χ1v) is 11.5. The van der Waals surface area contributed by atoms with Gasteiger partial charge in [0.25, 0.3) is 0 Å². The van der Waals surface area contributed by atoms with E-state index in [0.29, 0.717) is 11.5 Å². The van der Waals surface area contributed by atoms with Crippen molar-refractivity contribution < 1.29 is 66.6 Å². The fourth-order valence-corrected chi connectivity index (χ4v) is 3.60. The van der Waals surface area contributed by atoms with Crippen molar-refractivity contribution in [2.45, 2.75) is 57.6 Å². The first kappa shape index (κ1) is 31.1. The molecule has 0 saturated carbocycles. The summed E-state index contributed by atoms with van der Waals surface area (Å²) in [5.74, 6) is -2.86. The first-order valence-electron chi connectivity index (χ1n) is 11.5. The molecule has 39 heavy (non-hydrogen) atoms. The summed E-state index contributed by atoms with van der Waals surface area (Å²) in [6, 6.07) is 6.66. The summed E-state index contributed by atoms with van der Waals surface area (Å²) in [4.78, 5) is 59.6. The molecule has 0 radical (unpaired) electrons. The Bertz CT molecular complexity index is 1030. The molecule has 2 N–H and O–H groups in total. The Morgan fingerprint density at radius 3 is 1.95 bits per heavy atom. The summed E-state index contributed by atoms with van der Waals surface area (Å²) >= 11 is 0. The van der Waals surface area contributed by atoms with Gasteiger partial charge in [0.2, 0.25) is 0 Å². The molecule has 0 aromatic heterocycles. The Balaban J connectivity index is 2.44. The number of para-hydroxylation sites is 2. The van der Waals surface area contributed by atoms with Gasteiger partial charge < -0.3 is 48.4 Å². The van der Waals surface area contributed by atoms with Crippen LogP contribution in [0.3, 0.4) is 0 Å². The van der Waals surface area contributed by atoms with Gasteiger partial charge >= 0.3 is 30.0 Å². The standard InChI is InChI=1S/C24H31NO14/c1-12(26)35-18-19(36-13(2)27)21(37-14(3)28)23(39-20(18)22(29)32-5)38-15(11-34-24(25)30)10-33-17-9-7-6-8-16(17)31-4/h6-9,15,18-21,23H,10-11H2,1-5H3,(H2,25,30)/t15-,18+,19+,20+,21-,23-/m1/s1. The molecular weight excluding hydrogens is 526 g/mol. The van der Waals surface area contributed by atoms with Gasteiger partial charge in [-0.1, -0.05) is 12.1 Å².